The molecule has 0 bridgehead atoms. The highest BCUT2D eigenvalue weighted by Crippen LogP contribution is 2.23. The van der Waals surface area contributed by atoms with Crippen molar-refractivity contribution in [1.29, 1.82) is 0 Å². The van der Waals surface area contributed by atoms with Crippen LogP contribution in [0.25, 0.3) is 22.1 Å². The van der Waals surface area contributed by atoms with E-state index in [1.807, 2.05) is 18.3 Å². The molecule has 1 aromatic carbocycles. The van der Waals surface area contributed by atoms with Crippen LogP contribution in [0.15, 0.2) is 30.7 Å². The Hall–Kier alpha value is -2.30. The summed E-state index contributed by atoms with van der Waals surface area (Å²) in [5.41, 5.74) is 3.42. The second kappa shape index (κ2) is 4.67. The van der Waals surface area contributed by atoms with Crippen LogP contribution >= 0.6 is 0 Å². The van der Waals surface area contributed by atoms with Gasteiger partial charge in [-0.25, -0.2) is 4.98 Å². The minimum atomic E-state index is 0.830. The molecule has 0 N–H and O–H groups in total. The quantitative estimate of drug-likeness (QED) is 0.633. The minimum absolute atomic E-state index is 0.830. The highest BCUT2D eigenvalue weighted by atomic mass is 15.2. The molecule has 4 rings (SSSR count). The Morgan fingerprint density at radius 1 is 0.800 bits per heavy atom. The first-order valence-corrected chi connectivity index (χ1v) is 7.03. The summed E-state index contributed by atoms with van der Waals surface area (Å²) < 4.78 is 0. The Morgan fingerprint density at radius 3 is 2.40 bits per heavy atom. The number of benzene rings is 1. The summed E-state index contributed by atoms with van der Waals surface area (Å²) in [5.74, 6) is 0.954. The van der Waals surface area contributed by atoms with Crippen LogP contribution in [0.4, 0.5) is 5.82 Å². The lowest BCUT2D eigenvalue weighted by molar-refractivity contribution is 0.573. The molecule has 1 fully saturated rings. The van der Waals surface area contributed by atoms with Crippen molar-refractivity contribution >= 4 is 27.9 Å². The number of hydrogen-bond donors (Lipinski definition) is 0. The molecule has 20 heavy (non-hydrogen) atoms. The molecule has 1 aliphatic rings. The van der Waals surface area contributed by atoms with E-state index in [1.165, 1.54) is 19.3 Å². The molecule has 3 aromatic rings. The number of aromatic nitrogens is 4. The van der Waals surface area contributed by atoms with Gasteiger partial charge >= 0.3 is 0 Å². The Balaban J connectivity index is 1.90. The van der Waals surface area contributed by atoms with Gasteiger partial charge in [0, 0.05) is 25.5 Å². The van der Waals surface area contributed by atoms with Crippen LogP contribution in [0.2, 0.25) is 0 Å². The first kappa shape index (κ1) is 11.5. The molecule has 0 atom stereocenters. The van der Waals surface area contributed by atoms with Gasteiger partial charge in [-0.05, 0) is 31.4 Å². The van der Waals surface area contributed by atoms with Crippen molar-refractivity contribution in [3.8, 4) is 0 Å². The number of nitrogens with zero attached hydrogens (tertiary/aromatic N) is 5. The third kappa shape index (κ3) is 1.86. The van der Waals surface area contributed by atoms with E-state index in [0.717, 1.165) is 41.0 Å². The molecule has 0 radical (unpaired) electrons. The molecule has 100 valence electrons. The molecule has 0 aliphatic carbocycles. The van der Waals surface area contributed by atoms with Crippen molar-refractivity contribution in [1.82, 2.24) is 19.9 Å². The van der Waals surface area contributed by atoms with Gasteiger partial charge in [-0.1, -0.05) is 0 Å². The van der Waals surface area contributed by atoms with Crippen LogP contribution in [0.5, 0.6) is 0 Å². The second-order valence-electron chi connectivity index (χ2n) is 5.13. The van der Waals surface area contributed by atoms with Gasteiger partial charge in [-0.15, -0.1) is 0 Å². The second-order valence-corrected chi connectivity index (χ2v) is 5.13. The highest BCUT2D eigenvalue weighted by molar-refractivity contribution is 5.99. The SMILES string of the molecule is c1cnc2c(ccc3ncc(N4CCCCC4)nc32)n1. The lowest BCUT2D eigenvalue weighted by atomic mass is 10.1. The van der Waals surface area contributed by atoms with Gasteiger partial charge in [-0.3, -0.25) is 15.0 Å². The van der Waals surface area contributed by atoms with Crippen molar-refractivity contribution in [2.24, 2.45) is 0 Å². The van der Waals surface area contributed by atoms with E-state index in [-0.39, 0.29) is 0 Å². The molecule has 0 spiro atoms. The molecule has 5 nitrogen and oxygen atoms in total. The standard InChI is InChI=1S/C15H15N5/c1-2-8-20(9-3-1)13-10-18-12-5-4-11-14(15(12)19-13)17-7-6-16-11/h4-7,10H,1-3,8-9H2. The fraction of sp³-hybridized carbons (Fsp3) is 0.333. The lowest BCUT2D eigenvalue weighted by Crippen LogP contribution is -2.30. The molecular weight excluding hydrogens is 250 g/mol. The average molecular weight is 265 g/mol. The maximum Gasteiger partial charge on any atom is 0.147 e. The number of fused-ring (bicyclic) bond motifs is 3. The smallest absolute Gasteiger partial charge is 0.147 e. The van der Waals surface area contributed by atoms with E-state index in [2.05, 4.69) is 19.9 Å². The van der Waals surface area contributed by atoms with E-state index in [4.69, 9.17) is 4.98 Å². The predicted octanol–water partition coefficient (Wildman–Crippen LogP) is 2.56. The Bertz CT molecular complexity index is 764. The summed E-state index contributed by atoms with van der Waals surface area (Å²) in [7, 11) is 0. The molecule has 0 saturated carbocycles. The molecule has 5 heteroatoms. The molecule has 2 aromatic heterocycles. The molecule has 1 aliphatic heterocycles. The Morgan fingerprint density at radius 2 is 1.55 bits per heavy atom. The van der Waals surface area contributed by atoms with Gasteiger partial charge in [0.25, 0.3) is 0 Å². The number of anilines is 1. The normalized spacial score (nSPS) is 15.9. The van der Waals surface area contributed by atoms with Crippen molar-refractivity contribution in [3.05, 3.63) is 30.7 Å². The zero-order chi connectivity index (χ0) is 13.4. The molecular formula is C15H15N5. The maximum atomic E-state index is 4.79. The molecule has 3 heterocycles. The topological polar surface area (TPSA) is 54.8 Å². The molecule has 0 amide bonds. The van der Waals surface area contributed by atoms with E-state index in [0.29, 0.717) is 0 Å². The zero-order valence-corrected chi connectivity index (χ0v) is 11.2. The summed E-state index contributed by atoms with van der Waals surface area (Å²) in [6.45, 7) is 2.13. The summed E-state index contributed by atoms with van der Waals surface area (Å²) in [6, 6.07) is 3.90. The van der Waals surface area contributed by atoms with Gasteiger partial charge in [0.05, 0.1) is 17.2 Å². The maximum absolute atomic E-state index is 4.79. The fourth-order valence-corrected chi connectivity index (χ4v) is 2.77. The van der Waals surface area contributed by atoms with Gasteiger partial charge in [0.1, 0.15) is 16.9 Å². The summed E-state index contributed by atoms with van der Waals surface area (Å²) in [6.07, 6.45) is 9.05. The van der Waals surface area contributed by atoms with E-state index in [9.17, 15) is 0 Å². The number of hydrogen-bond acceptors (Lipinski definition) is 5. The summed E-state index contributed by atoms with van der Waals surface area (Å²) >= 11 is 0. The minimum Gasteiger partial charge on any atom is -0.355 e. The van der Waals surface area contributed by atoms with Crippen LogP contribution in [0.1, 0.15) is 19.3 Å². The van der Waals surface area contributed by atoms with Crippen LogP contribution in [0, 0.1) is 0 Å². The van der Waals surface area contributed by atoms with Crippen LogP contribution in [-0.4, -0.2) is 33.0 Å². The first-order valence-electron chi connectivity index (χ1n) is 7.03. The number of piperidine rings is 1. The van der Waals surface area contributed by atoms with Crippen LogP contribution in [0.3, 0.4) is 0 Å². The average Bonchev–Trinajstić information content (AvgIpc) is 2.55. The van der Waals surface area contributed by atoms with Crippen LogP contribution < -0.4 is 4.90 Å². The highest BCUT2D eigenvalue weighted by Gasteiger charge is 2.14. The summed E-state index contributed by atoms with van der Waals surface area (Å²) in [4.78, 5) is 20.4. The fourth-order valence-electron chi connectivity index (χ4n) is 2.77. The first-order chi connectivity index (χ1) is 9.92. The van der Waals surface area contributed by atoms with E-state index >= 15 is 0 Å². The van der Waals surface area contributed by atoms with Crippen molar-refractivity contribution < 1.29 is 0 Å². The number of rotatable bonds is 1. The largest absolute Gasteiger partial charge is 0.355 e. The lowest BCUT2D eigenvalue weighted by Gasteiger charge is -2.27. The van der Waals surface area contributed by atoms with E-state index < -0.39 is 0 Å². The van der Waals surface area contributed by atoms with Gasteiger partial charge in [-0.2, -0.15) is 0 Å². The third-order valence-corrected chi connectivity index (χ3v) is 3.82. The van der Waals surface area contributed by atoms with Crippen molar-refractivity contribution in [2.45, 2.75) is 19.3 Å². The Labute approximate surface area is 116 Å². The monoisotopic (exact) mass is 265 g/mol. The summed E-state index contributed by atoms with van der Waals surface area (Å²) in [5, 5.41) is 0. The van der Waals surface area contributed by atoms with Gasteiger partial charge in [0.2, 0.25) is 0 Å². The third-order valence-electron chi connectivity index (χ3n) is 3.82. The van der Waals surface area contributed by atoms with Crippen molar-refractivity contribution in [2.75, 3.05) is 18.0 Å². The molecule has 0 unspecified atom stereocenters. The van der Waals surface area contributed by atoms with E-state index in [1.54, 1.807) is 12.4 Å². The Kier molecular flexibility index (Phi) is 2.69. The van der Waals surface area contributed by atoms with Gasteiger partial charge < -0.3 is 4.90 Å². The zero-order valence-electron chi connectivity index (χ0n) is 11.2. The molecule has 1 saturated heterocycles. The predicted molar refractivity (Wildman–Crippen MR) is 78.7 cm³/mol. The van der Waals surface area contributed by atoms with Gasteiger partial charge in [0.15, 0.2) is 0 Å². The van der Waals surface area contributed by atoms with Crippen molar-refractivity contribution in [3.63, 3.8) is 0 Å². The van der Waals surface area contributed by atoms with Crippen LogP contribution in [-0.2, 0) is 0 Å².